The number of benzene rings is 1. The lowest BCUT2D eigenvalue weighted by molar-refractivity contribution is -0.384. The van der Waals surface area contributed by atoms with E-state index in [1.165, 1.54) is 12.1 Å². The minimum Gasteiger partial charge on any atom is -0.385 e. The predicted molar refractivity (Wildman–Crippen MR) is 83.4 cm³/mol. The van der Waals surface area contributed by atoms with Crippen LogP contribution in [-0.4, -0.2) is 23.9 Å². The second-order valence-electron chi connectivity index (χ2n) is 4.89. The maximum atomic E-state index is 11.5. The zero-order valence-electron chi connectivity index (χ0n) is 12.4. The van der Waals surface area contributed by atoms with Crippen molar-refractivity contribution in [1.82, 2.24) is 5.32 Å². The Bertz CT molecular complexity index is 446. The molecule has 6 heteroatoms. The minimum atomic E-state index is -0.424. The SMILES string of the molecule is CCCCCNC(=O)CCCNc1ccc([N+](=O)[O-])cc1. The minimum absolute atomic E-state index is 0.0759. The molecule has 0 atom stereocenters. The van der Waals surface area contributed by atoms with Gasteiger partial charge in [-0.25, -0.2) is 0 Å². The van der Waals surface area contributed by atoms with Gasteiger partial charge in [0, 0.05) is 37.3 Å². The zero-order chi connectivity index (χ0) is 15.5. The smallest absolute Gasteiger partial charge is 0.269 e. The molecule has 0 aliphatic rings. The Kier molecular flexibility index (Phi) is 7.86. The van der Waals surface area contributed by atoms with E-state index >= 15 is 0 Å². The van der Waals surface area contributed by atoms with Crippen LogP contribution in [0, 0.1) is 10.1 Å². The first-order chi connectivity index (χ1) is 10.1. The van der Waals surface area contributed by atoms with Crippen LogP contribution in [0.25, 0.3) is 0 Å². The zero-order valence-corrected chi connectivity index (χ0v) is 12.4. The summed E-state index contributed by atoms with van der Waals surface area (Å²) in [5.41, 5.74) is 0.899. The van der Waals surface area contributed by atoms with Crippen LogP contribution in [0.4, 0.5) is 11.4 Å². The predicted octanol–water partition coefficient (Wildman–Crippen LogP) is 3.09. The van der Waals surface area contributed by atoms with Crippen molar-refractivity contribution in [2.24, 2.45) is 0 Å². The lowest BCUT2D eigenvalue weighted by Crippen LogP contribution is -2.24. The number of hydrogen-bond acceptors (Lipinski definition) is 4. The molecule has 6 nitrogen and oxygen atoms in total. The number of nitro groups is 1. The van der Waals surface area contributed by atoms with Gasteiger partial charge in [-0.05, 0) is 25.0 Å². The molecule has 0 bridgehead atoms. The Labute approximate surface area is 125 Å². The molecule has 1 amide bonds. The molecule has 0 aliphatic carbocycles. The second kappa shape index (κ2) is 9.74. The third kappa shape index (κ3) is 7.29. The van der Waals surface area contributed by atoms with E-state index in [0.29, 0.717) is 13.0 Å². The van der Waals surface area contributed by atoms with Gasteiger partial charge in [-0.1, -0.05) is 19.8 Å². The monoisotopic (exact) mass is 293 g/mol. The molecule has 21 heavy (non-hydrogen) atoms. The van der Waals surface area contributed by atoms with Crippen LogP contribution in [0.2, 0.25) is 0 Å². The molecule has 0 heterocycles. The Morgan fingerprint density at radius 1 is 1.14 bits per heavy atom. The number of carbonyl (C=O) groups excluding carboxylic acids is 1. The molecule has 116 valence electrons. The summed E-state index contributed by atoms with van der Waals surface area (Å²) in [6.07, 6.45) is 4.54. The number of carbonyl (C=O) groups is 1. The molecule has 1 aromatic carbocycles. The first-order valence-corrected chi connectivity index (χ1v) is 7.38. The quantitative estimate of drug-likeness (QED) is 0.394. The highest BCUT2D eigenvalue weighted by Crippen LogP contribution is 2.15. The molecule has 0 spiro atoms. The van der Waals surface area contributed by atoms with E-state index in [1.807, 2.05) is 0 Å². The van der Waals surface area contributed by atoms with E-state index in [9.17, 15) is 14.9 Å². The summed E-state index contributed by atoms with van der Waals surface area (Å²) in [7, 11) is 0. The van der Waals surface area contributed by atoms with Crippen molar-refractivity contribution in [2.45, 2.75) is 39.0 Å². The van der Waals surface area contributed by atoms with E-state index in [2.05, 4.69) is 17.6 Å². The number of unbranched alkanes of at least 4 members (excludes halogenated alkanes) is 2. The summed E-state index contributed by atoms with van der Waals surface area (Å²) in [5, 5.41) is 16.5. The Morgan fingerprint density at radius 3 is 2.48 bits per heavy atom. The van der Waals surface area contributed by atoms with Crippen LogP contribution in [0.1, 0.15) is 39.0 Å². The highest BCUT2D eigenvalue weighted by molar-refractivity contribution is 5.75. The van der Waals surface area contributed by atoms with E-state index in [4.69, 9.17) is 0 Å². The van der Waals surface area contributed by atoms with Gasteiger partial charge in [0.05, 0.1) is 4.92 Å². The topological polar surface area (TPSA) is 84.3 Å². The molecule has 0 aromatic heterocycles. The Hall–Kier alpha value is -2.11. The number of amides is 1. The van der Waals surface area contributed by atoms with Gasteiger partial charge < -0.3 is 10.6 Å². The fourth-order valence-electron chi connectivity index (χ4n) is 1.87. The number of anilines is 1. The molecule has 0 saturated carbocycles. The number of rotatable bonds is 10. The number of non-ortho nitro benzene ring substituents is 1. The average Bonchev–Trinajstić information content (AvgIpc) is 2.48. The summed E-state index contributed by atoms with van der Waals surface area (Å²) in [6.45, 7) is 3.55. The standard InChI is InChI=1S/C15H23N3O3/c1-2-3-4-11-17-15(19)6-5-12-16-13-7-9-14(10-8-13)18(20)21/h7-10,16H,2-6,11-12H2,1H3,(H,17,19). The van der Waals surface area contributed by atoms with Crippen LogP contribution >= 0.6 is 0 Å². The summed E-state index contributed by atoms with van der Waals surface area (Å²) in [4.78, 5) is 21.6. The van der Waals surface area contributed by atoms with Gasteiger partial charge in [0.1, 0.15) is 0 Å². The maximum Gasteiger partial charge on any atom is 0.269 e. The first kappa shape index (κ1) is 16.9. The highest BCUT2D eigenvalue weighted by atomic mass is 16.6. The van der Waals surface area contributed by atoms with Crippen molar-refractivity contribution in [2.75, 3.05) is 18.4 Å². The van der Waals surface area contributed by atoms with Crippen LogP contribution in [0.3, 0.4) is 0 Å². The van der Waals surface area contributed by atoms with Crippen LogP contribution in [0.5, 0.6) is 0 Å². The molecular weight excluding hydrogens is 270 g/mol. The van der Waals surface area contributed by atoms with Gasteiger partial charge >= 0.3 is 0 Å². The van der Waals surface area contributed by atoms with Crippen molar-refractivity contribution in [3.63, 3.8) is 0 Å². The third-order valence-electron chi connectivity index (χ3n) is 3.09. The van der Waals surface area contributed by atoms with Gasteiger partial charge in [0.2, 0.25) is 5.91 Å². The lowest BCUT2D eigenvalue weighted by atomic mass is 10.2. The van der Waals surface area contributed by atoms with Gasteiger partial charge in [-0.2, -0.15) is 0 Å². The molecule has 0 saturated heterocycles. The molecule has 2 N–H and O–H groups in total. The maximum absolute atomic E-state index is 11.5. The van der Waals surface area contributed by atoms with E-state index in [-0.39, 0.29) is 11.6 Å². The number of nitro benzene ring substituents is 1. The molecule has 0 unspecified atom stereocenters. The lowest BCUT2D eigenvalue weighted by Gasteiger charge is -2.07. The van der Waals surface area contributed by atoms with Crippen molar-refractivity contribution >= 4 is 17.3 Å². The molecule has 0 fully saturated rings. The highest BCUT2D eigenvalue weighted by Gasteiger charge is 2.04. The van der Waals surface area contributed by atoms with Crippen molar-refractivity contribution < 1.29 is 9.72 Å². The Balaban J connectivity index is 2.13. The van der Waals surface area contributed by atoms with Gasteiger partial charge in [-0.3, -0.25) is 14.9 Å². The van der Waals surface area contributed by atoms with Gasteiger partial charge in [0.15, 0.2) is 0 Å². The normalized spacial score (nSPS) is 10.1. The largest absolute Gasteiger partial charge is 0.385 e. The molecule has 1 aromatic rings. The summed E-state index contributed by atoms with van der Waals surface area (Å²) in [5.74, 6) is 0.0802. The fourth-order valence-corrected chi connectivity index (χ4v) is 1.87. The van der Waals surface area contributed by atoms with E-state index < -0.39 is 4.92 Å². The van der Waals surface area contributed by atoms with Crippen molar-refractivity contribution in [3.8, 4) is 0 Å². The second-order valence-corrected chi connectivity index (χ2v) is 4.89. The Morgan fingerprint density at radius 2 is 1.86 bits per heavy atom. The summed E-state index contributed by atoms with van der Waals surface area (Å²) >= 11 is 0. The van der Waals surface area contributed by atoms with Crippen LogP contribution in [0.15, 0.2) is 24.3 Å². The fraction of sp³-hybridized carbons (Fsp3) is 0.533. The first-order valence-electron chi connectivity index (χ1n) is 7.38. The number of nitrogens with zero attached hydrogens (tertiary/aromatic N) is 1. The number of hydrogen-bond donors (Lipinski definition) is 2. The molecule has 1 rings (SSSR count). The molecule has 0 radical (unpaired) electrons. The summed E-state index contributed by atoms with van der Waals surface area (Å²) in [6, 6.07) is 6.26. The molecule has 0 aliphatic heterocycles. The number of nitrogens with one attached hydrogen (secondary N) is 2. The van der Waals surface area contributed by atoms with E-state index in [1.54, 1.807) is 12.1 Å². The third-order valence-corrected chi connectivity index (χ3v) is 3.09. The van der Waals surface area contributed by atoms with Crippen molar-refractivity contribution in [1.29, 1.82) is 0 Å². The van der Waals surface area contributed by atoms with Gasteiger partial charge in [-0.15, -0.1) is 0 Å². The summed E-state index contributed by atoms with van der Waals surface area (Å²) < 4.78 is 0. The molecular formula is C15H23N3O3. The average molecular weight is 293 g/mol. The van der Waals surface area contributed by atoms with Gasteiger partial charge in [0.25, 0.3) is 5.69 Å². The van der Waals surface area contributed by atoms with Crippen LogP contribution in [-0.2, 0) is 4.79 Å². The van der Waals surface area contributed by atoms with Crippen molar-refractivity contribution in [3.05, 3.63) is 34.4 Å². The van der Waals surface area contributed by atoms with E-state index in [0.717, 1.165) is 37.9 Å². The van der Waals surface area contributed by atoms with Crippen LogP contribution < -0.4 is 10.6 Å².